The van der Waals surface area contributed by atoms with E-state index in [4.69, 9.17) is 23.2 Å². The summed E-state index contributed by atoms with van der Waals surface area (Å²) in [4.78, 5) is 28.6. The number of hydrogen-bond donors (Lipinski definition) is 1. The first-order valence-electron chi connectivity index (χ1n) is 11.5. The van der Waals surface area contributed by atoms with Crippen molar-refractivity contribution in [1.82, 2.24) is 10.2 Å². The topological polar surface area (TPSA) is 49.4 Å². The third-order valence-electron chi connectivity index (χ3n) is 5.38. The molecule has 7 heteroatoms. The standard InChI is InChI=1S/C28H30Cl2N2O2S/c1-20(2)31-28(34)26(16-21-9-4-3-5-10-21)32(17-23-12-6-7-14-25(23)30)27(33)19-35-18-22-11-8-13-24(29)15-22/h3-15,20,26H,16-19H2,1-2H3,(H,31,34). The minimum absolute atomic E-state index is 0.0461. The van der Waals surface area contributed by atoms with Crippen LogP contribution in [0.3, 0.4) is 0 Å². The second kappa shape index (κ2) is 13.6. The Labute approximate surface area is 222 Å². The van der Waals surface area contributed by atoms with E-state index in [1.54, 1.807) is 11.0 Å². The van der Waals surface area contributed by atoms with Crippen LogP contribution in [0.25, 0.3) is 0 Å². The largest absolute Gasteiger partial charge is 0.352 e. The predicted molar refractivity (Wildman–Crippen MR) is 147 cm³/mol. The molecule has 0 saturated heterocycles. The van der Waals surface area contributed by atoms with E-state index in [9.17, 15) is 9.59 Å². The molecule has 1 N–H and O–H groups in total. The van der Waals surface area contributed by atoms with Crippen LogP contribution in [-0.4, -0.2) is 34.6 Å². The second-order valence-electron chi connectivity index (χ2n) is 8.60. The first-order chi connectivity index (χ1) is 16.8. The number of carbonyl (C=O) groups is 2. The average Bonchev–Trinajstić information content (AvgIpc) is 2.82. The Balaban J connectivity index is 1.85. The molecule has 1 unspecified atom stereocenters. The molecule has 3 rings (SSSR count). The van der Waals surface area contributed by atoms with Crippen molar-refractivity contribution in [3.05, 3.63) is 106 Å². The van der Waals surface area contributed by atoms with E-state index in [0.717, 1.165) is 16.7 Å². The monoisotopic (exact) mass is 528 g/mol. The zero-order valence-corrected chi connectivity index (χ0v) is 22.2. The zero-order valence-electron chi connectivity index (χ0n) is 19.9. The molecule has 0 bridgehead atoms. The fourth-order valence-corrected chi connectivity index (χ4v) is 4.98. The van der Waals surface area contributed by atoms with Crippen LogP contribution in [-0.2, 0) is 28.3 Å². The maximum absolute atomic E-state index is 13.6. The number of nitrogens with one attached hydrogen (secondary N) is 1. The van der Waals surface area contributed by atoms with Crippen molar-refractivity contribution in [2.45, 2.75) is 44.6 Å². The van der Waals surface area contributed by atoms with E-state index < -0.39 is 6.04 Å². The summed E-state index contributed by atoms with van der Waals surface area (Å²) in [7, 11) is 0. The molecule has 35 heavy (non-hydrogen) atoms. The summed E-state index contributed by atoms with van der Waals surface area (Å²) >= 11 is 14.0. The highest BCUT2D eigenvalue weighted by Crippen LogP contribution is 2.23. The second-order valence-corrected chi connectivity index (χ2v) is 10.4. The van der Waals surface area contributed by atoms with E-state index in [0.29, 0.717) is 22.2 Å². The summed E-state index contributed by atoms with van der Waals surface area (Å²) in [6.07, 6.45) is 0.411. The van der Waals surface area contributed by atoms with Gasteiger partial charge in [-0.3, -0.25) is 9.59 Å². The molecule has 4 nitrogen and oxygen atoms in total. The van der Waals surface area contributed by atoms with Gasteiger partial charge in [-0.25, -0.2) is 0 Å². The number of benzene rings is 3. The van der Waals surface area contributed by atoms with E-state index in [1.807, 2.05) is 86.6 Å². The lowest BCUT2D eigenvalue weighted by Crippen LogP contribution is -2.52. The Morgan fingerprint density at radius 1 is 0.914 bits per heavy atom. The number of hydrogen-bond acceptors (Lipinski definition) is 3. The smallest absolute Gasteiger partial charge is 0.243 e. The third kappa shape index (κ3) is 8.60. The summed E-state index contributed by atoms with van der Waals surface area (Å²) < 4.78 is 0. The van der Waals surface area contributed by atoms with Gasteiger partial charge in [0.25, 0.3) is 0 Å². The summed E-state index contributed by atoms with van der Waals surface area (Å²) in [5, 5.41) is 4.24. The number of amides is 2. The van der Waals surface area contributed by atoms with Gasteiger partial charge in [0.15, 0.2) is 0 Å². The highest BCUT2D eigenvalue weighted by molar-refractivity contribution is 7.99. The van der Waals surface area contributed by atoms with E-state index in [1.165, 1.54) is 11.8 Å². The first kappa shape index (κ1) is 27.1. The quantitative estimate of drug-likeness (QED) is 0.313. The Bertz CT molecular complexity index is 1120. The van der Waals surface area contributed by atoms with E-state index in [2.05, 4.69) is 5.32 Å². The van der Waals surface area contributed by atoms with Gasteiger partial charge in [0.1, 0.15) is 6.04 Å². The molecule has 3 aromatic carbocycles. The van der Waals surface area contributed by atoms with Crippen molar-refractivity contribution in [2.24, 2.45) is 0 Å². The van der Waals surface area contributed by atoms with Crippen LogP contribution in [0.15, 0.2) is 78.9 Å². The van der Waals surface area contributed by atoms with Crippen molar-refractivity contribution in [2.75, 3.05) is 5.75 Å². The van der Waals surface area contributed by atoms with Crippen LogP contribution in [0.2, 0.25) is 10.0 Å². The van der Waals surface area contributed by atoms with Crippen molar-refractivity contribution in [1.29, 1.82) is 0 Å². The molecule has 1 atom stereocenters. The molecule has 0 aliphatic heterocycles. The molecule has 0 fully saturated rings. The first-order valence-corrected chi connectivity index (χ1v) is 13.4. The summed E-state index contributed by atoms with van der Waals surface area (Å²) in [6.45, 7) is 4.08. The molecule has 0 aliphatic carbocycles. The summed E-state index contributed by atoms with van der Waals surface area (Å²) in [6, 6.07) is 24.1. The van der Waals surface area contributed by atoms with Crippen molar-refractivity contribution in [3.63, 3.8) is 0 Å². The average molecular weight is 530 g/mol. The van der Waals surface area contributed by atoms with Gasteiger partial charge in [0.05, 0.1) is 5.75 Å². The number of halogens is 2. The van der Waals surface area contributed by atoms with Gasteiger partial charge < -0.3 is 10.2 Å². The fraction of sp³-hybridized carbons (Fsp3) is 0.286. The fourth-order valence-electron chi connectivity index (χ4n) is 3.71. The zero-order chi connectivity index (χ0) is 25.2. The Kier molecular flexibility index (Phi) is 10.5. The molecule has 0 heterocycles. The van der Waals surface area contributed by atoms with Crippen LogP contribution >= 0.6 is 35.0 Å². The van der Waals surface area contributed by atoms with E-state index in [-0.39, 0.29) is 30.2 Å². The maximum atomic E-state index is 13.6. The molecule has 2 amide bonds. The molecular weight excluding hydrogens is 499 g/mol. The van der Waals surface area contributed by atoms with Gasteiger partial charge in [-0.2, -0.15) is 0 Å². The van der Waals surface area contributed by atoms with Crippen LogP contribution in [0.4, 0.5) is 0 Å². The molecule has 0 aliphatic rings. The SMILES string of the molecule is CC(C)NC(=O)C(Cc1ccccc1)N(Cc1ccccc1Cl)C(=O)CSCc1cccc(Cl)c1. The van der Waals surface area contributed by atoms with Gasteiger partial charge in [-0.05, 0) is 48.7 Å². The maximum Gasteiger partial charge on any atom is 0.243 e. The lowest BCUT2D eigenvalue weighted by atomic mass is 10.0. The van der Waals surface area contributed by atoms with Gasteiger partial charge in [-0.1, -0.05) is 83.9 Å². The molecule has 3 aromatic rings. The van der Waals surface area contributed by atoms with Crippen LogP contribution < -0.4 is 5.32 Å². The van der Waals surface area contributed by atoms with Crippen LogP contribution in [0.5, 0.6) is 0 Å². The van der Waals surface area contributed by atoms with Crippen molar-refractivity contribution >= 4 is 46.8 Å². The highest BCUT2D eigenvalue weighted by atomic mass is 35.5. The Morgan fingerprint density at radius 2 is 1.60 bits per heavy atom. The van der Waals surface area contributed by atoms with Gasteiger partial charge >= 0.3 is 0 Å². The summed E-state index contributed by atoms with van der Waals surface area (Å²) in [5.74, 6) is 0.589. The number of rotatable bonds is 11. The van der Waals surface area contributed by atoms with Gasteiger partial charge in [-0.15, -0.1) is 11.8 Å². The number of nitrogens with zero attached hydrogens (tertiary/aromatic N) is 1. The number of carbonyl (C=O) groups excluding carboxylic acids is 2. The van der Waals surface area contributed by atoms with Crippen LogP contribution in [0.1, 0.15) is 30.5 Å². The lowest BCUT2D eigenvalue weighted by molar-refractivity contribution is -0.139. The van der Waals surface area contributed by atoms with Gasteiger partial charge in [0, 0.05) is 34.8 Å². The molecule has 0 aromatic heterocycles. The van der Waals surface area contributed by atoms with Gasteiger partial charge in [0.2, 0.25) is 11.8 Å². The van der Waals surface area contributed by atoms with Crippen molar-refractivity contribution < 1.29 is 9.59 Å². The molecule has 0 saturated carbocycles. The Hall–Kier alpha value is -2.47. The molecule has 184 valence electrons. The molecule has 0 radical (unpaired) electrons. The van der Waals surface area contributed by atoms with Crippen LogP contribution in [0, 0.1) is 0 Å². The lowest BCUT2D eigenvalue weighted by Gasteiger charge is -2.32. The third-order valence-corrected chi connectivity index (χ3v) is 6.98. The Morgan fingerprint density at radius 3 is 2.29 bits per heavy atom. The van der Waals surface area contributed by atoms with E-state index >= 15 is 0 Å². The normalized spacial score (nSPS) is 11.8. The molecular formula is C28H30Cl2N2O2S. The van der Waals surface area contributed by atoms with Crippen molar-refractivity contribution in [3.8, 4) is 0 Å². The molecule has 0 spiro atoms. The highest BCUT2D eigenvalue weighted by Gasteiger charge is 2.31. The minimum atomic E-state index is -0.671. The minimum Gasteiger partial charge on any atom is -0.352 e. The number of thioether (sulfide) groups is 1. The predicted octanol–water partition coefficient (Wildman–Crippen LogP) is 6.39. The summed E-state index contributed by atoms with van der Waals surface area (Å²) in [5.41, 5.74) is 2.84.